The average Bonchev–Trinajstić information content (AvgIpc) is 2.53. The van der Waals surface area contributed by atoms with Crippen LogP contribution in [0.15, 0.2) is 36.4 Å². The molecule has 0 spiro atoms. The molecule has 0 aliphatic carbocycles. The van der Waals surface area contributed by atoms with Crippen LogP contribution < -0.4 is 4.74 Å². The summed E-state index contributed by atoms with van der Waals surface area (Å²) in [5.74, 6) is -0.892. The molecular formula is C16H13FO4. The van der Waals surface area contributed by atoms with Crippen molar-refractivity contribution in [1.82, 2.24) is 0 Å². The number of benzene rings is 2. The Labute approximate surface area is 121 Å². The summed E-state index contributed by atoms with van der Waals surface area (Å²) in [6.45, 7) is 0. The Morgan fingerprint density at radius 3 is 2.52 bits per heavy atom. The van der Waals surface area contributed by atoms with Crippen LogP contribution in [0.4, 0.5) is 4.39 Å². The van der Waals surface area contributed by atoms with Crippen LogP contribution in [0.25, 0.3) is 11.1 Å². The maximum absolute atomic E-state index is 13.4. The Bertz CT molecular complexity index is 695. The monoisotopic (exact) mass is 288 g/mol. The van der Waals surface area contributed by atoms with E-state index in [9.17, 15) is 14.0 Å². The number of aldehydes is 1. The minimum Gasteiger partial charge on any atom is -0.495 e. The Hall–Kier alpha value is -2.69. The zero-order valence-corrected chi connectivity index (χ0v) is 11.6. The molecule has 5 heteroatoms. The highest BCUT2D eigenvalue weighted by Crippen LogP contribution is 2.35. The first kappa shape index (κ1) is 14.7. The average molecular weight is 288 g/mol. The van der Waals surface area contributed by atoms with Crippen molar-refractivity contribution in [3.63, 3.8) is 0 Å². The van der Waals surface area contributed by atoms with E-state index in [2.05, 4.69) is 4.74 Å². The van der Waals surface area contributed by atoms with Crippen molar-refractivity contribution < 1.29 is 23.5 Å². The summed E-state index contributed by atoms with van der Waals surface area (Å²) in [4.78, 5) is 22.9. The fraction of sp³-hybridized carbons (Fsp3) is 0.125. The van der Waals surface area contributed by atoms with Crippen molar-refractivity contribution in [2.45, 2.75) is 0 Å². The first-order chi connectivity index (χ1) is 10.1. The highest BCUT2D eigenvalue weighted by atomic mass is 19.1. The summed E-state index contributed by atoms with van der Waals surface area (Å²) in [5, 5.41) is 0. The molecule has 0 amide bonds. The van der Waals surface area contributed by atoms with Gasteiger partial charge in [0.05, 0.1) is 25.3 Å². The number of para-hydroxylation sites is 1. The van der Waals surface area contributed by atoms with E-state index in [1.165, 1.54) is 26.4 Å². The van der Waals surface area contributed by atoms with Crippen LogP contribution in [-0.4, -0.2) is 26.5 Å². The molecule has 4 nitrogen and oxygen atoms in total. The van der Waals surface area contributed by atoms with Gasteiger partial charge < -0.3 is 9.47 Å². The van der Waals surface area contributed by atoms with Gasteiger partial charge in [-0.3, -0.25) is 4.79 Å². The first-order valence-corrected chi connectivity index (χ1v) is 6.12. The molecule has 0 aromatic heterocycles. The van der Waals surface area contributed by atoms with Gasteiger partial charge in [-0.25, -0.2) is 9.18 Å². The zero-order valence-electron chi connectivity index (χ0n) is 11.6. The van der Waals surface area contributed by atoms with Crippen molar-refractivity contribution in [2.24, 2.45) is 0 Å². The van der Waals surface area contributed by atoms with Crippen LogP contribution in [0.5, 0.6) is 5.75 Å². The number of rotatable bonds is 4. The third kappa shape index (κ3) is 2.76. The lowest BCUT2D eigenvalue weighted by atomic mass is 9.97. The van der Waals surface area contributed by atoms with Crippen LogP contribution in [0.1, 0.15) is 20.7 Å². The molecule has 2 rings (SSSR count). The van der Waals surface area contributed by atoms with E-state index in [1.54, 1.807) is 18.2 Å². The minimum atomic E-state index is -0.664. The summed E-state index contributed by atoms with van der Waals surface area (Å²) in [5.41, 5.74) is 1.36. The molecule has 0 bridgehead atoms. The van der Waals surface area contributed by atoms with Crippen molar-refractivity contribution in [1.29, 1.82) is 0 Å². The molecule has 2 aromatic carbocycles. The zero-order chi connectivity index (χ0) is 15.4. The highest BCUT2D eigenvalue weighted by Gasteiger charge is 2.18. The molecule has 0 radical (unpaired) electrons. The summed E-state index contributed by atoms with van der Waals surface area (Å²) in [7, 11) is 2.64. The van der Waals surface area contributed by atoms with E-state index < -0.39 is 11.8 Å². The third-order valence-corrected chi connectivity index (χ3v) is 3.05. The first-order valence-electron chi connectivity index (χ1n) is 6.12. The standard InChI is InChI=1S/C16H13FO4/c1-20-15-10(9-18)4-3-5-13(15)12-7-6-11(17)8-14(12)16(19)21-2/h3-9H,1-2H3. The van der Waals surface area contributed by atoms with E-state index in [4.69, 9.17) is 4.74 Å². The number of esters is 1. The second-order valence-corrected chi connectivity index (χ2v) is 4.23. The molecule has 21 heavy (non-hydrogen) atoms. The number of halogens is 1. The largest absolute Gasteiger partial charge is 0.495 e. The van der Waals surface area contributed by atoms with E-state index >= 15 is 0 Å². The predicted molar refractivity (Wildman–Crippen MR) is 75.1 cm³/mol. The van der Waals surface area contributed by atoms with Gasteiger partial charge in [-0.2, -0.15) is 0 Å². The van der Waals surface area contributed by atoms with Crippen molar-refractivity contribution in [3.05, 3.63) is 53.3 Å². The van der Waals surface area contributed by atoms with E-state index in [-0.39, 0.29) is 5.56 Å². The molecule has 0 N–H and O–H groups in total. The smallest absolute Gasteiger partial charge is 0.338 e. The lowest BCUT2D eigenvalue weighted by Crippen LogP contribution is -2.05. The highest BCUT2D eigenvalue weighted by molar-refractivity contribution is 5.99. The molecule has 0 saturated heterocycles. The Balaban J connectivity index is 2.73. The molecule has 0 atom stereocenters. The topological polar surface area (TPSA) is 52.6 Å². The Morgan fingerprint density at radius 2 is 1.90 bits per heavy atom. The van der Waals surface area contributed by atoms with E-state index in [1.807, 2.05) is 0 Å². The Kier molecular flexibility index (Phi) is 4.33. The third-order valence-electron chi connectivity index (χ3n) is 3.05. The minimum absolute atomic E-state index is 0.0684. The number of ether oxygens (including phenoxy) is 2. The van der Waals surface area contributed by atoms with Crippen molar-refractivity contribution in [3.8, 4) is 16.9 Å². The molecule has 2 aromatic rings. The molecule has 0 heterocycles. The fourth-order valence-electron chi connectivity index (χ4n) is 2.12. The number of methoxy groups -OCH3 is 2. The summed E-state index contributed by atoms with van der Waals surface area (Å²) in [6.07, 6.45) is 0.656. The van der Waals surface area contributed by atoms with Crippen LogP contribution in [0, 0.1) is 5.82 Å². The quantitative estimate of drug-likeness (QED) is 0.641. The molecule has 108 valence electrons. The normalized spacial score (nSPS) is 10.0. The van der Waals surface area contributed by atoms with E-state index in [0.717, 1.165) is 6.07 Å². The SMILES string of the molecule is COC(=O)c1cc(F)ccc1-c1cccc(C=O)c1OC. The molecule has 0 aliphatic rings. The van der Waals surface area contributed by atoms with Gasteiger partial charge in [-0.05, 0) is 18.2 Å². The maximum atomic E-state index is 13.4. The van der Waals surface area contributed by atoms with Crippen LogP contribution >= 0.6 is 0 Å². The van der Waals surface area contributed by atoms with Gasteiger partial charge in [0.1, 0.15) is 11.6 Å². The lowest BCUT2D eigenvalue weighted by molar-refractivity contribution is 0.0601. The van der Waals surface area contributed by atoms with Gasteiger partial charge in [0, 0.05) is 11.1 Å². The fourth-order valence-corrected chi connectivity index (χ4v) is 2.12. The summed E-state index contributed by atoms with van der Waals surface area (Å²) < 4.78 is 23.3. The predicted octanol–water partition coefficient (Wildman–Crippen LogP) is 3.10. The lowest BCUT2D eigenvalue weighted by Gasteiger charge is -2.13. The summed E-state index contributed by atoms with van der Waals surface area (Å²) >= 11 is 0. The van der Waals surface area contributed by atoms with Crippen LogP contribution in [-0.2, 0) is 4.74 Å². The molecule has 0 unspecified atom stereocenters. The number of hydrogen-bond acceptors (Lipinski definition) is 4. The van der Waals surface area contributed by atoms with Gasteiger partial charge in [0.25, 0.3) is 0 Å². The van der Waals surface area contributed by atoms with Gasteiger partial charge in [-0.15, -0.1) is 0 Å². The van der Waals surface area contributed by atoms with Crippen molar-refractivity contribution >= 4 is 12.3 Å². The number of hydrogen-bond donors (Lipinski definition) is 0. The van der Waals surface area contributed by atoms with E-state index in [0.29, 0.717) is 28.7 Å². The Morgan fingerprint density at radius 1 is 1.14 bits per heavy atom. The van der Waals surface area contributed by atoms with Crippen LogP contribution in [0.3, 0.4) is 0 Å². The number of carbonyl (C=O) groups is 2. The van der Waals surface area contributed by atoms with Crippen LogP contribution in [0.2, 0.25) is 0 Å². The summed E-state index contributed by atoms with van der Waals surface area (Å²) in [6, 6.07) is 8.71. The van der Waals surface area contributed by atoms with Gasteiger partial charge in [0.2, 0.25) is 0 Å². The molecule has 0 saturated carbocycles. The molecule has 0 fully saturated rings. The van der Waals surface area contributed by atoms with Gasteiger partial charge in [0.15, 0.2) is 6.29 Å². The maximum Gasteiger partial charge on any atom is 0.338 e. The second kappa shape index (κ2) is 6.17. The van der Waals surface area contributed by atoms with Gasteiger partial charge in [-0.1, -0.05) is 18.2 Å². The number of carbonyl (C=O) groups excluding carboxylic acids is 2. The van der Waals surface area contributed by atoms with Gasteiger partial charge >= 0.3 is 5.97 Å². The second-order valence-electron chi connectivity index (χ2n) is 4.23. The molecular weight excluding hydrogens is 275 g/mol. The van der Waals surface area contributed by atoms with Crippen molar-refractivity contribution in [2.75, 3.05) is 14.2 Å². The molecule has 0 aliphatic heterocycles.